The van der Waals surface area contributed by atoms with Crippen LogP contribution in [0, 0.1) is 10.1 Å². The van der Waals surface area contributed by atoms with Crippen LogP contribution in [-0.4, -0.2) is 22.8 Å². The lowest BCUT2D eigenvalue weighted by Gasteiger charge is -2.23. The number of ether oxygens (including phenoxy) is 1. The van der Waals surface area contributed by atoms with Gasteiger partial charge in [-0.05, 0) is 37.3 Å². The van der Waals surface area contributed by atoms with Crippen LogP contribution >= 0.6 is 0 Å². The number of benzene rings is 2. The summed E-state index contributed by atoms with van der Waals surface area (Å²) >= 11 is 0. The van der Waals surface area contributed by atoms with Crippen LogP contribution in [-0.2, 0) is 9.59 Å². The Morgan fingerprint density at radius 2 is 2.08 bits per heavy atom. The van der Waals surface area contributed by atoms with Crippen molar-refractivity contribution in [2.75, 3.05) is 10.6 Å². The summed E-state index contributed by atoms with van der Waals surface area (Å²) in [5.41, 5.74) is 1.17. The molecule has 26 heavy (non-hydrogen) atoms. The summed E-state index contributed by atoms with van der Waals surface area (Å²) in [6, 6.07) is 11.0. The molecule has 2 aromatic carbocycles. The summed E-state index contributed by atoms with van der Waals surface area (Å²) in [5, 5.41) is 16.3. The largest absolute Gasteiger partial charge is 0.479 e. The van der Waals surface area contributed by atoms with Gasteiger partial charge < -0.3 is 15.4 Å². The molecule has 3 rings (SSSR count). The van der Waals surface area contributed by atoms with E-state index in [1.807, 2.05) is 0 Å². The summed E-state index contributed by atoms with van der Waals surface area (Å²) in [6.45, 7) is 1.64. The molecule has 0 bridgehead atoms. The number of rotatable bonds is 4. The zero-order valence-corrected chi connectivity index (χ0v) is 13.8. The Bertz CT molecular complexity index is 923. The molecule has 0 unspecified atom stereocenters. The van der Waals surface area contributed by atoms with Crippen molar-refractivity contribution in [3.8, 4) is 5.75 Å². The molecule has 1 aliphatic heterocycles. The van der Waals surface area contributed by atoms with E-state index in [1.54, 1.807) is 43.3 Å². The van der Waals surface area contributed by atoms with Gasteiger partial charge in [-0.1, -0.05) is 12.1 Å². The number of nitro groups is 1. The van der Waals surface area contributed by atoms with Crippen LogP contribution in [0.15, 0.2) is 48.5 Å². The molecule has 0 saturated heterocycles. The van der Waals surface area contributed by atoms with Crippen LogP contribution in [0.25, 0.3) is 6.08 Å². The SMILES string of the molecule is C[C@H]1Oc2ccc(NC(=O)/C=C/c3ccccc3[N+](=O)[O-])cc2NC1=O. The number of nitro benzene ring substituents is 1. The lowest BCUT2D eigenvalue weighted by Crippen LogP contribution is -2.34. The van der Waals surface area contributed by atoms with Gasteiger partial charge in [0.05, 0.1) is 16.2 Å². The van der Waals surface area contributed by atoms with Crippen LogP contribution in [0.2, 0.25) is 0 Å². The third kappa shape index (κ3) is 3.69. The van der Waals surface area contributed by atoms with Gasteiger partial charge in [0.15, 0.2) is 6.10 Å². The highest BCUT2D eigenvalue weighted by atomic mass is 16.6. The second-order valence-corrected chi connectivity index (χ2v) is 5.60. The minimum atomic E-state index is -0.576. The van der Waals surface area contributed by atoms with E-state index in [0.717, 1.165) is 0 Å². The maximum Gasteiger partial charge on any atom is 0.276 e. The number of hydrogen-bond acceptors (Lipinski definition) is 5. The van der Waals surface area contributed by atoms with Gasteiger partial charge in [-0.3, -0.25) is 19.7 Å². The first-order valence-corrected chi connectivity index (χ1v) is 7.78. The van der Waals surface area contributed by atoms with Crippen molar-refractivity contribution in [2.24, 2.45) is 0 Å². The molecule has 1 atom stereocenters. The van der Waals surface area contributed by atoms with E-state index in [-0.39, 0.29) is 11.6 Å². The monoisotopic (exact) mass is 353 g/mol. The first-order valence-electron chi connectivity index (χ1n) is 7.78. The number of para-hydroxylation sites is 1. The highest BCUT2D eigenvalue weighted by Gasteiger charge is 2.23. The third-order valence-corrected chi connectivity index (χ3v) is 3.73. The first-order chi connectivity index (χ1) is 12.4. The van der Waals surface area contributed by atoms with Gasteiger partial charge in [-0.15, -0.1) is 0 Å². The topological polar surface area (TPSA) is 111 Å². The Hall–Kier alpha value is -3.68. The van der Waals surface area contributed by atoms with Crippen LogP contribution < -0.4 is 15.4 Å². The van der Waals surface area contributed by atoms with E-state index in [0.29, 0.717) is 22.7 Å². The zero-order valence-electron chi connectivity index (χ0n) is 13.8. The maximum absolute atomic E-state index is 12.1. The summed E-state index contributed by atoms with van der Waals surface area (Å²) in [5.74, 6) is -0.206. The quantitative estimate of drug-likeness (QED) is 0.499. The smallest absolute Gasteiger partial charge is 0.276 e. The number of fused-ring (bicyclic) bond motifs is 1. The van der Waals surface area contributed by atoms with Crippen molar-refractivity contribution in [3.05, 3.63) is 64.2 Å². The molecule has 8 heteroatoms. The molecule has 2 aromatic rings. The standard InChI is InChI=1S/C18H15N3O5/c1-11-18(23)20-14-10-13(7-8-16(14)26-11)19-17(22)9-6-12-4-2-3-5-15(12)21(24)25/h2-11H,1H3,(H,19,22)(H,20,23)/b9-6+/t11-/m1/s1. The number of amides is 2. The molecule has 2 amide bonds. The van der Waals surface area contributed by atoms with E-state index in [9.17, 15) is 19.7 Å². The Morgan fingerprint density at radius 3 is 2.85 bits per heavy atom. The van der Waals surface area contributed by atoms with Crippen LogP contribution in [0.1, 0.15) is 12.5 Å². The first kappa shape index (κ1) is 17.2. The van der Waals surface area contributed by atoms with Crippen molar-refractivity contribution >= 4 is 35.0 Å². The second-order valence-electron chi connectivity index (χ2n) is 5.60. The highest BCUT2D eigenvalue weighted by molar-refractivity contribution is 6.03. The number of carbonyl (C=O) groups is 2. The van der Waals surface area contributed by atoms with E-state index < -0.39 is 16.9 Å². The van der Waals surface area contributed by atoms with Crippen LogP contribution in [0.3, 0.4) is 0 Å². The van der Waals surface area contributed by atoms with Gasteiger partial charge in [0.1, 0.15) is 5.75 Å². The number of nitrogens with one attached hydrogen (secondary N) is 2. The predicted molar refractivity (Wildman–Crippen MR) is 95.9 cm³/mol. The highest BCUT2D eigenvalue weighted by Crippen LogP contribution is 2.32. The predicted octanol–water partition coefficient (Wildman–Crippen LogP) is 2.97. The number of hydrogen-bond donors (Lipinski definition) is 2. The number of anilines is 2. The summed E-state index contributed by atoms with van der Waals surface area (Å²) < 4.78 is 5.44. The third-order valence-electron chi connectivity index (χ3n) is 3.73. The molecule has 2 N–H and O–H groups in total. The van der Waals surface area contributed by atoms with Crippen LogP contribution in [0.4, 0.5) is 17.1 Å². The Labute approximate surface area is 148 Å². The normalized spacial score (nSPS) is 15.7. The van der Waals surface area contributed by atoms with Crippen molar-refractivity contribution in [1.29, 1.82) is 0 Å². The maximum atomic E-state index is 12.1. The van der Waals surface area contributed by atoms with E-state index in [4.69, 9.17) is 4.74 Å². The van der Waals surface area contributed by atoms with Gasteiger partial charge in [0.25, 0.3) is 11.6 Å². The molecule has 0 aliphatic carbocycles. The van der Waals surface area contributed by atoms with Gasteiger partial charge in [0.2, 0.25) is 5.91 Å². The van der Waals surface area contributed by atoms with Crippen molar-refractivity contribution in [3.63, 3.8) is 0 Å². The summed E-state index contributed by atoms with van der Waals surface area (Å²) in [7, 11) is 0. The molecule has 132 valence electrons. The molecule has 0 radical (unpaired) electrons. The average molecular weight is 353 g/mol. The van der Waals surface area contributed by atoms with E-state index in [2.05, 4.69) is 10.6 Å². The van der Waals surface area contributed by atoms with Gasteiger partial charge >= 0.3 is 0 Å². The van der Waals surface area contributed by atoms with Crippen molar-refractivity contribution in [2.45, 2.75) is 13.0 Å². The fraction of sp³-hybridized carbons (Fsp3) is 0.111. The van der Waals surface area contributed by atoms with Crippen LogP contribution in [0.5, 0.6) is 5.75 Å². The van der Waals surface area contributed by atoms with E-state index in [1.165, 1.54) is 18.2 Å². The fourth-order valence-electron chi connectivity index (χ4n) is 2.43. The lowest BCUT2D eigenvalue weighted by molar-refractivity contribution is -0.385. The average Bonchev–Trinajstić information content (AvgIpc) is 2.61. The molecule has 0 fully saturated rings. The zero-order chi connectivity index (χ0) is 18.7. The Balaban J connectivity index is 1.72. The van der Waals surface area contributed by atoms with Crippen molar-refractivity contribution < 1.29 is 19.2 Å². The number of nitrogens with zero attached hydrogens (tertiary/aromatic N) is 1. The summed E-state index contributed by atoms with van der Waals surface area (Å²) in [6.07, 6.45) is 2.00. The minimum Gasteiger partial charge on any atom is -0.479 e. The lowest BCUT2D eigenvalue weighted by atomic mass is 10.1. The Kier molecular flexibility index (Phi) is 4.66. The minimum absolute atomic E-state index is 0.0840. The van der Waals surface area contributed by atoms with E-state index >= 15 is 0 Å². The van der Waals surface area contributed by atoms with Gasteiger partial charge in [-0.25, -0.2) is 0 Å². The molecular weight excluding hydrogens is 338 g/mol. The number of carbonyl (C=O) groups excluding carboxylic acids is 2. The molecule has 1 heterocycles. The fourth-order valence-corrected chi connectivity index (χ4v) is 2.43. The molecule has 0 spiro atoms. The van der Waals surface area contributed by atoms with Gasteiger partial charge in [-0.2, -0.15) is 0 Å². The molecule has 8 nitrogen and oxygen atoms in total. The summed E-state index contributed by atoms with van der Waals surface area (Å²) in [4.78, 5) is 34.2. The molecular formula is C18H15N3O5. The van der Waals surface area contributed by atoms with Crippen molar-refractivity contribution in [1.82, 2.24) is 0 Å². The molecule has 0 aromatic heterocycles. The second kappa shape index (κ2) is 7.06. The Morgan fingerprint density at radius 1 is 1.31 bits per heavy atom. The molecule has 0 saturated carbocycles. The molecule has 1 aliphatic rings. The van der Waals surface area contributed by atoms with Gasteiger partial charge in [0, 0.05) is 17.8 Å².